The van der Waals surface area contributed by atoms with Gasteiger partial charge in [0, 0.05) is 30.0 Å². The molecule has 6 heteroatoms. The maximum Gasteiger partial charge on any atom is 0.411 e. The van der Waals surface area contributed by atoms with Crippen LogP contribution in [0.4, 0.5) is 13.6 Å². The zero-order valence-corrected chi connectivity index (χ0v) is 15.7. The molecule has 1 amide bonds. The van der Waals surface area contributed by atoms with E-state index in [1.165, 1.54) is 23.1 Å². The topological polar surface area (TPSA) is 29.5 Å². The molecular weight excluding hydrogens is 372 g/mol. The molecular formula is C21H20ClF2NO2. The highest BCUT2D eigenvalue weighted by molar-refractivity contribution is 6.30. The van der Waals surface area contributed by atoms with Crippen LogP contribution in [-0.4, -0.2) is 17.5 Å². The first-order valence-corrected chi connectivity index (χ1v) is 9.05. The maximum absolute atomic E-state index is 14.2. The Morgan fingerprint density at radius 3 is 2.59 bits per heavy atom. The summed E-state index contributed by atoms with van der Waals surface area (Å²) in [6, 6.07) is 9.79. The summed E-state index contributed by atoms with van der Waals surface area (Å²) in [5, 5.41) is 0.297. The number of nitrogens with zero attached hydrogens (tertiary/aromatic N) is 1. The molecule has 0 aromatic heterocycles. The average molecular weight is 392 g/mol. The number of carbonyl (C=O) groups is 1. The van der Waals surface area contributed by atoms with Gasteiger partial charge in [-0.3, -0.25) is 0 Å². The largest absolute Gasteiger partial charge is 0.437 e. The van der Waals surface area contributed by atoms with Crippen LogP contribution in [0.2, 0.25) is 5.02 Å². The van der Waals surface area contributed by atoms with Gasteiger partial charge in [-0.15, -0.1) is 6.58 Å². The van der Waals surface area contributed by atoms with Crippen LogP contribution in [0.5, 0.6) is 0 Å². The van der Waals surface area contributed by atoms with E-state index in [9.17, 15) is 13.6 Å². The van der Waals surface area contributed by atoms with E-state index in [4.69, 9.17) is 16.3 Å². The van der Waals surface area contributed by atoms with Crippen LogP contribution >= 0.6 is 11.6 Å². The third kappa shape index (κ3) is 3.83. The lowest BCUT2D eigenvalue weighted by Crippen LogP contribution is -2.48. The molecule has 2 atom stereocenters. The van der Waals surface area contributed by atoms with Gasteiger partial charge in [0.15, 0.2) is 0 Å². The summed E-state index contributed by atoms with van der Waals surface area (Å²) >= 11 is 5.81. The van der Waals surface area contributed by atoms with Gasteiger partial charge in [0.2, 0.25) is 0 Å². The SMILES string of the molecule is C=CC[C@]1(c2ccc(F)cc2)CCN([C@@H](C)c2ccc(Cl)cc2F)C(=O)O1. The van der Waals surface area contributed by atoms with Crippen molar-refractivity contribution in [2.45, 2.75) is 31.4 Å². The standard InChI is InChI=1S/C21H20ClF2NO2/c1-3-10-21(15-4-7-17(23)8-5-15)11-12-25(20(26)27-21)14(2)18-9-6-16(22)13-19(18)24/h3-9,13-14H,1,10-12H2,2H3/t14-,21+/m0/s1. The Bertz CT molecular complexity index is 856. The first kappa shape index (κ1) is 19.4. The van der Waals surface area contributed by atoms with E-state index in [1.54, 1.807) is 37.3 Å². The lowest BCUT2D eigenvalue weighted by Gasteiger charge is -2.43. The Labute approximate surface area is 162 Å². The zero-order chi connectivity index (χ0) is 19.6. The second kappa shape index (κ2) is 7.69. The molecule has 1 aliphatic rings. The predicted octanol–water partition coefficient (Wildman–Crippen LogP) is 5.99. The molecule has 1 heterocycles. The van der Waals surface area contributed by atoms with E-state index in [0.717, 1.165) is 0 Å². The Morgan fingerprint density at radius 2 is 2.00 bits per heavy atom. The molecule has 142 valence electrons. The Hall–Kier alpha value is -2.40. The molecule has 0 spiro atoms. The summed E-state index contributed by atoms with van der Waals surface area (Å²) in [6.07, 6.45) is 2.01. The highest BCUT2D eigenvalue weighted by Gasteiger charge is 2.43. The second-order valence-corrected chi connectivity index (χ2v) is 7.08. The number of benzene rings is 2. The fourth-order valence-electron chi connectivity index (χ4n) is 3.48. The Balaban J connectivity index is 1.85. The molecule has 0 N–H and O–H groups in total. The fourth-order valence-corrected chi connectivity index (χ4v) is 3.64. The van der Waals surface area contributed by atoms with Gasteiger partial charge < -0.3 is 9.64 Å². The quantitative estimate of drug-likeness (QED) is 0.585. The number of cyclic esters (lactones) is 1. The molecule has 3 rings (SSSR count). The van der Waals surface area contributed by atoms with Crippen molar-refractivity contribution < 1.29 is 18.3 Å². The molecule has 27 heavy (non-hydrogen) atoms. The lowest BCUT2D eigenvalue weighted by molar-refractivity contribution is -0.0590. The minimum absolute atomic E-state index is 0.297. The molecule has 3 nitrogen and oxygen atoms in total. The van der Waals surface area contributed by atoms with Crippen molar-refractivity contribution in [1.29, 1.82) is 0 Å². The number of carbonyl (C=O) groups excluding carboxylic acids is 1. The molecule has 0 saturated carbocycles. The van der Waals surface area contributed by atoms with E-state index in [1.807, 2.05) is 0 Å². The van der Waals surface area contributed by atoms with Crippen molar-refractivity contribution >= 4 is 17.7 Å². The highest BCUT2D eigenvalue weighted by Crippen LogP contribution is 2.40. The molecule has 2 aromatic rings. The van der Waals surface area contributed by atoms with Gasteiger partial charge in [-0.1, -0.05) is 35.9 Å². The molecule has 0 aliphatic carbocycles. The normalized spacial score (nSPS) is 20.9. The molecule has 2 aromatic carbocycles. The monoisotopic (exact) mass is 391 g/mol. The zero-order valence-electron chi connectivity index (χ0n) is 14.9. The number of halogens is 3. The number of hydrogen-bond acceptors (Lipinski definition) is 2. The van der Waals surface area contributed by atoms with E-state index in [-0.39, 0.29) is 5.82 Å². The molecule has 0 radical (unpaired) electrons. The minimum atomic E-state index is -0.901. The first-order valence-electron chi connectivity index (χ1n) is 8.68. The van der Waals surface area contributed by atoms with Crippen LogP contribution in [0.15, 0.2) is 55.1 Å². The number of hydrogen-bond donors (Lipinski definition) is 0. The maximum atomic E-state index is 14.2. The third-order valence-electron chi connectivity index (χ3n) is 5.00. The van der Waals surface area contributed by atoms with Gasteiger partial charge in [0.1, 0.15) is 17.2 Å². The summed E-state index contributed by atoms with van der Waals surface area (Å²) in [5.41, 5.74) is 0.179. The van der Waals surface area contributed by atoms with E-state index in [0.29, 0.717) is 35.5 Å². The van der Waals surface area contributed by atoms with Crippen LogP contribution in [0.1, 0.15) is 36.9 Å². The van der Waals surface area contributed by atoms with Gasteiger partial charge in [0.05, 0.1) is 6.04 Å². The van der Waals surface area contributed by atoms with Crippen LogP contribution in [-0.2, 0) is 10.3 Å². The number of ether oxygens (including phenoxy) is 1. The van der Waals surface area contributed by atoms with Crippen LogP contribution < -0.4 is 0 Å². The smallest absolute Gasteiger partial charge is 0.411 e. The molecule has 0 unspecified atom stereocenters. The number of amides is 1. The van der Waals surface area contributed by atoms with Gasteiger partial charge in [-0.25, -0.2) is 13.6 Å². The molecule has 1 saturated heterocycles. The first-order chi connectivity index (χ1) is 12.9. The third-order valence-corrected chi connectivity index (χ3v) is 5.23. The lowest BCUT2D eigenvalue weighted by atomic mass is 9.85. The molecule has 0 bridgehead atoms. The summed E-state index contributed by atoms with van der Waals surface area (Å²) in [4.78, 5) is 14.2. The van der Waals surface area contributed by atoms with Gasteiger partial charge in [-0.05, 0) is 36.8 Å². The summed E-state index contributed by atoms with van der Waals surface area (Å²) in [7, 11) is 0. The van der Waals surface area contributed by atoms with Gasteiger partial charge in [0.25, 0.3) is 0 Å². The summed E-state index contributed by atoms with van der Waals surface area (Å²) in [6.45, 7) is 5.86. The van der Waals surface area contributed by atoms with Crippen LogP contribution in [0.3, 0.4) is 0 Å². The van der Waals surface area contributed by atoms with Crippen molar-refractivity contribution in [3.05, 3.63) is 82.9 Å². The van der Waals surface area contributed by atoms with Crippen molar-refractivity contribution in [3.8, 4) is 0 Å². The minimum Gasteiger partial charge on any atom is -0.437 e. The Morgan fingerprint density at radius 1 is 1.30 bits per heavy atom. The van der Waals surface area contributed by atoms with E-state index in [2.05, 4.69) is 6.58 Å². The second-order valence-electron chi connectivity index (χ2n) is 6.65. The molecule has 1 aliphatic heterocycles. The summed E-state index contributed by atoms with van der Waals surface area (Å²) in [5.74, 6) is -0.827. The van der Waals surface area contributed by atoms with Crippen molar-refractivity contribution in [2.24, 2.45) is 0 Å². The summed E-state index contributed by atoms with van der Waals surface area (Å²) < 4.78 is 33.3. The van der Waals surface area contributed by atoms with Crippen molar-refractivity contribution in [1.82, 2.24) is 4.90 Å². The van der Waals surface area contributed by atoms with Gasteiger partial charge >= 0.3 is 6.09 Å². The van der Waals surface area contributed by atoms with Gasteiger partial charge in [-0.2, -0.15) is 0 Å². The van der Waals surface area contributed by atoms with E-state index < -0.39 is 23.6 Å². The van der Waals surface area contributed by atoms with E-state index >= 15 is 0 Å². The fraction of sp³-hybridized carbons (Fsp3) is 0.286. The number of rotatable bonds is 5. The average Bonchev–Trinajstić information content (AvgIpc) is 2.62. The van der Waals surface area contributed by atoms with Crippen LogP contribution in [0, 0.1) is 11.6 Å². The molecule has 1 fully saturated rings. The van der Waals surface area contributed by atoms with Crippen molar-refractivity contribution in [3.63, 3.8) is 0 Å². The van der Waals surface area contributed by atoms with Crippen LogP contribution in [0.25, 0.3) is 0 Å². The predicted molar refractivity (Wildman–Crippen MR) is 101 cm³/mol. The Kier molecular flexibility index (Phi) is 5.51. The van der Waals surface area contributed by atoms with Crippen molar-refractivity contribution in [2.75, 3.05) is 6.54 Å². The highest BCUT2D eigenvalue weighted by atomic mass is 35.5.